The Balaban J connectivity index is 2.31. The minimum Gasteiger partial charge on any atom is -0.277 e. The van der Waals surface area contributed by atoms with E-state index in [1.807, 2.05) is 13.8 Å². The molecule has 0 spiro atoms. The summed E-state index contributed by atoms with van der Waals surface area (Å²) in [5, 5.41) is 3.75. The van der Waals surface area contributed by atoms with Gasteiger partial charge in [0.25, 0.3) is 0 Å². The standard InChI is InChI=1S/C14H14BrN3O3S/c1-9(2)12(7-16-17-8-19)13-14(18-13)22(20,21)11-5-3-10(15)4-6-11/h3-9H,1-2H3,(H,17,19)/b13-12+,16-7-. The van der Waals surface area contributed by atoms with E-state index in [1.54, 1.807) is 12.1 Å². The summed E-state index contributed by atoms with van der Waals surface area (Å²) in [6, 6.07) is 6.37. The molecule has 1 aliphatic heterocycles. The fourth-order valence-corrected chi connectivity index (χ4v) is 3.36. The summed E-state index contributed by atoms with van der Waals surface area (Å²) in [6.07, 6.45) is 1.86. The number of hydrazone groups is 1. The Labute approximate surface area is 137 Å². The van der Waals surface area contributed by atoms with Gasteiger partial charge in [-0.1, -0.05) is 29.8 Å². The number of hydrogen-bond donors (Lipinski definition) is 1. The molecule has 1 amide bonds. The maximum atomic E-state index is 12.5. The van der Waals surface area contributed by atoms with Crippen molar-refractivity contribution >= 4 is 43.4 Å². The Morgan fingerprint density at radius 3 is 2.50 bits per heavy atom. The van der Waals surface area contributed by atoms with Crippen molar-refractivity contribution in [1.82, 2.24) is 5.43 Å². The summed E-state index contributed by atoms with van der Waals surface area (Å²) in [4.78, 5) is 14.4. The molecule has 0 unspecified atom stereocenters. The lowest BCUT2D eigenvalue weighted by atomic mass is 10.0. The molecule has 1 aliphatic rings. The quantitative estimate of drug-likeness (QED) is 0.480. The van der Waals surface area contributed by atoms with Crippen molar-refractivity contribution in [3.63, 3.8) is 0 Å². The first kappa shape index (κ1) is 16.6. The lowest BCUT2D eigenvalue weighted by Gasteiger charge is -2.04. The summed E-state index contributed by atoms with van der Waals surface area (Å²) < 4.78 is 25.8. The second kappa shape index (κ2) is 6.53. The van der Waals surface area contributed by atoms with Crippen LogP contribution in [-0.4, -0.2) is 26.1 Å². The summed E-state index contributed by atoms with van der Waals surface area (Å²) in [5.41, 5.74) is 3.23. The van der Waals surface area contributed by atoms with Crippen LogP contribution in [0.5, 0.6) is 0 Å². The molecular formula is C14H14BrN3O3S. The Bertz CT molecular complexity index is 778. The molecule has 0 atom stereocenters. The molecule has 0 fully saturated rings. The van der Waals surface area contributed by atoms with E-state index >= 15 is 0 Å². The second-order valence-electron chi connectivity index (χ2n) is 4.84. The Morgan fingerprint density at radius 2 is 1.95 bits per heavy atom. The third kappa shape index (κ3) is 3.50. The highest BCUT2D eigenvalue weighted by atomic mass is 79.9. The first-order valence-corrected chi connectivity index (χ1v) is 8.71. The maximum Gasteiger partial charge on any atom is 0.227 e. The van der Waals surface area contributed by atoms with Gasteiger partial charge < -0.3 is 0 Å². The van der Waals surface area contributed by atoms with E-state index in [1.165, 1.54) is 18.3 Å². The van der Waals surface area contributed by atoms with Gasteiger partial charge in [-0.2, -0.15) is 5.10 Å². The SMILES string of the molecule is CC(C)C(/C=N\NC=O)=C1N=C/1S(=O)(=O)c1ccc(Br)cc1. The fraction of sp³-hybridized carbons (Fsp3) is 0.214. The van der Waals surface area contributed by atoms with E-state index < -0.39 is 9.84 Å². The molecule has 8 heteroatoms. The molecule has 0 aliphatic carbocycles. The smallest absolute Gasteiger partial charge is 0.227 e. The van der Waals surface area contributed by atoms with Crippen molar-refractivity contribution in [3.8, 4) is 0 Å². The molecule has 0 radical (unpaired) electrons. The van der Waals surface area contributed by atoms with Crippen molar-refractivity contribution in [2.75, 3.05) is 0 Å². The van der Waals surface area contributed by atoms with Gasteiger partial charge in [-0.15, -0.1) is 0 Å². The number of allylic oxidation sites excluding steroid dienone is 1. The molecule has 22 heavy (non-hydrogen) atoms. The van der Waals surface area contributed by atoms with E-state index in [0.717, 1.165) is 4.47 Å². The lowest BCUT2D eigenvalue weighted by Crippen LogP contribution is -2.09. The number of benzene rings is 1. The van der Waals surface area contributed by atoms with E-state index in [2.05, 4.69) is 31.4 Å². The highest BCUT2D eigenvalue weighted by molar-refractivity contribution is 9.10. The summed E-state index contributed by atoms with van der Waals surface area (Å²) in [5.74, 6) is 0.0218. The number of aliphatic imine (C=N–C) groups is 1. The zero-order chi connectivity index (χ0) is 16.3. The monoisotopic (exact) mass is 383 g/mol. The van der Waals surface area contributed by atoms with E-state index in [9.17, 15) is 13.2 Å². The number of hydrogen-bond acceptors (Lipinski definition) is 5. The molecule has 116 valence electrons. The number of nitrogens with zero attached hydrogens (tertiary/aromatic N) is 2. The van der Waals surface area contributed by atoms with Crippen molar-refractivity contribution < 1.29 is 13.2 Å². The van der Waals surface area contributed by atoms with Crippen molar-refractivity contribution in [3.05, 3.63) is 40.0 Å². The molecule has 0 saturated heterocycles. The average molecular weight is 384 g/mol. The van der Waals surface area contributed by atoms with E-state index in [-0.39, 0.29) is 15.9 Å². The van der Waals surface area contributed by atoms with Crippen LogP contribution in [0.15, 0.2) is 55.0 Å². The normalized spacial score (nSPS) is 16.6. The molecule has 1 heterocycles. The molecule has 0 aromatic heterocycles. The van der Waals surface area contributed by atoms with Gasteiger partial charge in [0.15, 0.2) is 5.04 Å². The van der Waals surface area contributed by atoms with E-state index in [0.29, 0.717) is 17.7 Å². The molecule has 0 bridgehead atoms. The molecule has 2 rings (SSSR count). The van der Waals surface area contributed by atoms with Crippen molar-refractivity contribution in [1.29, 1.82) is 0 Å². The molecule has 1 aromatic carbocycles. The molecule has 1 N–H and O–H groups in total. The Hall–Kier alpha value is -1.80. The van der Waals surface area contributed by atoms with Crippen LogP contribution >= 0.6 is 15.9 Å². The molecule has 6 nitrogen and oxygen atoms in total. The number of sulfone groups is 1. The fourth-order valence-electron chi connectivity index (χ4n) is 1.80. The van der Waals surface area contributed by atoms with Gasteiger partial charge >= 0.3 is 0 Å². The topological polar surface area (TPSA) is 88.0 Å². The summed E-state index contributed by atoms with van der Waals surface area (Å²) in [7, 11) is -3.62. The van der Waals surface area contributed by atoms with Gasteiger partial charge in [-0.3, -0.25) is 4.79 Å². The molecule has 1 aromatic rings. The number of carbonyl (C=O) groups is 1. The Morgan fingerprint density at radius 1 is 1.32 bits per heavy atom. The van der Waals surface area contributed by atoms with Crippen LogP contribution in [0.2, 0.25) is 0 Å². The van der Waals surface area contributed by atoms with Crippen LogP contribution in [0.3, 0.4) is 0 Å². The summed E-state index contributed by atoms with van der Waals surface area (Å²) >= 11 is 3.27. The third-order valence-corrected chi connectivity index (χ3v) is 5.19. The average Bonchev–Trinajstić information content (AvgIpc) is 3.24. The third-order valence-electron chi connectivity index (χ3n) is 2.97. The second-order valence-corrected chi connectivity index (χ2v) is 7.62. The minimum atomic E-state index is -3.62. The largest absolute Gasteiger partial charge is 0.277 e. The van der Waals surface area contributed by atoms with Crippen LogP contribution in [0.1, 0.15) is 13.8 Å². The Kier molecular flexibility index (Phi) is 4.92. The number of nitrogens with one attached hydrogen (secondary N) is 1. The maximum absolute atomic E-state index is 12.5. The van der Waals surface area contributed by atoms with Crippen LogP contribution in [-0.2, 0) is 14.6 Å². The van der Waals surface area contributed by atoms with Crippen LogP contribution in [0.25, 0.3) is 0 Å². The van der Waals surface area contributed by atoms with Crippen LogP contribution < -0.4 is 5.43 Å². The van der Waals surface area contributed by atoms with Crippen molar-refractivity contribution in [2.45, 2.75) is 18.7 Å². The predicted octanol–water partition coefficient (Wildman–Crippen LogP) is 2.28. The predicted molar refractivity (Wildman–Crippen MR) is 88.3 cm³/mol. The van der Waals surface area contributed by atoms with Crippen LogP contribution in [0.4, 0.5) is 0 Å². The summed E-state index contributed by atoms with van der Waals surface area (Å²) in [6.45, 7) is 3.79. The van der Waals surface area contributed by atoms with Gasteiger partial charge in [0.2, 0.25) is 16.2 Å². The highest BCUT2D eigenvalue weighted by Crippen LogP contribution is 2.32. The van der Waals surface area contributed by atoms with Gasteiger partial charge in [-0.05, 0) is 30.2 Å². The zero-order valence-corrected chi connectivity index (χ0v) is 14.3. The van der Waals surface area contributed by atoms with Crippen LogP contribution in [0, 0.1) is 5.92 Å². The number of amides is 1. The van der Waals surface area contributed by atoms with Crippen molar-refractivity contribution in [2.24, 2.45) is 16.0 Å². The minimum absolute atomic E-state index is 0.0218. The molecule has 0 saturated carbocycles. The van der Waals surface area contributed by atoms with Gasteiger partial charge in [0, 0.05) is 10.0 Å². The lowest BCUT2D eigenvalue weighted by molar-refractivity contribution is -0.109. The highest BCUT2D eigenvalue weighted by Gasteiger charge is 2.37. The number of halogens is 1. The van der Waals surface area contributed by atoms with E-state index in [4.69, 9.17) is 0 Å². The van der Waals surface area contributed by atoms with Gasteiger partial charge in [0.05, 0.1) is 11.1 Å². The number of rotatable bonds is 5. The van der Waals surface area contributed by atoms with Gasteiger partial charge in [0.1, 0.15) is 5.70 Å². The molecular weight excluding hydrogens is 370 g/mol. The zero-order valence-electron chi connectivity index (χ0n) is 11.9. The number of carbonyl (C=O) groups excluding carboxylic acids is 1. The first-order valence-electron chi connectivity index (χ1n) is 6.44. The van der Waals surface area contributed by atoms with Gasteiger partial charge in [-0.25, -0.2) is 18.8 Å². The first-order chi connectivity index (χ1) is 10.4.